The first-order valence-electron chi connectivity index (χ1n) is 8.37. The smallest absolute Gasteiger partial charge is 0.319 e. The molecule has 0 bridgehead atoms. The lowest BCUT2D eigenvalue weighted by molar-refractivity contribution is 0.113. The summed E-state index contributed by atoms with van der Waals surface area (Å²) in [6.45, 7) is 7.35. The summed E-state index contributed by atoms with van der Waals surface area (Å²) in [6.07, 6.45) is 7.11. The Morgan fingerprint density at radius 2 is 1.95 bits per heavy atom. The van der Waals surface area contributed by atoms with E-state index < -0.39 is 0 Å². The fourth-order valence-corrected chi connectivity index (χ4v) is 3.70. The normalized spacial score (nSPS) is 31.1. The number of hydrogen-bond donors (Lipinski definition) is 1. The Hall–Kier alpha value is -0.770. The van der Waals surface area contributed by atoms with Crippen LogP contribution in [0, 0.1) is 5.92 Å². The lowest BCUT2D eigenvalue weighted by Crippen LogP contribution is -2.50. The van der Waals surface area contributed by atoms with Crippen molar-refractivity contribution in [2.24, 2.45) is 5.92 Å². The molecule has 2 fully saturated rings. The van der Waals surface area contributed by atoms with Gasteiger partial charge in [-0.15, -0.1) is 0 Å². The summed E-state index contributed by atoms with van der Waals surface area (Å²) in [5.74, 6) is 0.658. The number of amides is 2. The van der Waals surface area contributed by atoms with Gasteiger partial charge in [0.05, 0.1) is 0 Å². The minimum Gasteiger partial charge on any atom is -0.325 e. The van der Waals surface area contributed by atoms with Gasteiger partial charge in [0, 0.05) is 32.2 Å². The van der Waals surface area contributed by atoms with Crippen molar-refractivity contribution in [2.45, 2.75) is 64.5 Å². The van der Waals surface area contributed by atoms with Gasteiger partial charge in [0.25, 0.3) is 0 Å². The van der Waals surface area contributed by atoms with Crippen LogP contribution in [0.5, 0.6) is 0 Å². The van der Waals surface area contributed by atoms with Crippen LogP contribution in [-0.2, 0) is 0 Å². The highest BCUT2D eigenvalue weighted by Gasteiger charge is 2.30. The molecule has 2 rings (SSSR count). The Morgan fingerprint density at radius 3 is 2.55 bits per heavy atom. The molecule has 1 aliphatic heterocycles. The van der Waals surface area contributed by atoms with Crippen LogP contribution in [0.15, 0.2) is 0 Å². The topological polar surface area (TPSA) is 35.6 Å². The number of urea groups is 1. The summed E-state index contributed by atoms with van der Waals surface area (Å²) in [5.41, 5.74) is 0. The van der Waals surface area contributed by atoms with Crippen LogP contribution in [0.25, 0.3) is 0 Å². The van der Waals surface area contributed by atoms with Crippen molar-refractivity contribution in [3.05, 3.63) is 0 Å². The standard InChI is InChI=1S/C16H31N3O/c1-4-17-14-7-9-15(10-8-14)18(3)16(20)19-11-5-6-13(2)12-19/h13-15,17H,4-12H2,1-3H3. The molecule has 1 heterocycles. The van der Waals surface area contributed by atoms with Crippen molar-refractivity contribution < 1.29 is 4.79 Å². The third-order valence-electron chi connectivity index (χ3n) is 4.97. The second-order valence-corrected chi connectivity index (χ2v) is 6.65. The van der Waals surface area contributed by atoms with E-state index in [9.17, 15) is 4.79 Å². The van der Waals surface area contributed by atoms with Crippen molar-refractivity contribution in [1.29, 1.82) is 0 Å². The van der Waals surface area contributed by atoms with Crippen LogP contribution in [0.1, 0.15) is 52.4 Å². The first-order valence-corrected chi connectivity index (χ1v) is 8.37. The van der Waals surface area contributed by atoms with Crippen LogP contribution in [0.2, 0.25) is 0 Å². The van der Waals surface area contributed by atoms with E-state index in [0.717, 1.165) is 38.9 Å². The number of carbonyl (C=O) groups excluding carboxylic acids is 1. The average Bonchev–Trinajstić information content (AvgIpc) is 2.47. The van der Waals surface area contributed by atoms with Gasteiger partial charge in [0.15, 0.2) is 0 Å². The van der Waals surface area contributed by atoms with E-state index in [1.165, 1.54) is 19.3 Å². The number of nitrogens with one attached hydrogen (secondary N) is 1. The molecule has 4 heteroatoms. The number of nitrogens with zero attached hydrogens (tertiary/aromatic N) is 2. The van der Waals surface area contributed by atoms with Gasteiger partial charge in [0.2, 0.25) is 0 Å². The van der Waals surface area contributed by atoms with Crippen LogP contribution < -0.4 is 5.32 Å². The molecule has 20 heavy (non-hydrogen) atoms. The van der Waals surface area contributed by atoms with E-state index >= 15 is 0 Å². The van der Waals surface area contributed by atoms with E-state index in [4.69, 9.17) is 0 Å². The zero-order valence-electron chi connectivity index (χ0n) is 13.4. The molecule has 1 aliphatic carbocycles. The first kappa shape index (κ1) is 15.6. The zero-order valence-corrected chi connectivity index (χ0v) is 13.4. The van der Waals surface area contributed by atoms with Crippen LogP contribution >= 0.6 is 0 Å². The van der Waals surface area contributed by atoms with E-state index in [0.29, 0.717) is 18.0 Å². The molecule has 2 aliphatic rings. The number of piperidine rings is 1. The third-order valence-corrected chi connectivity index (χ3v) is 4.97. The maximum Gasteiger partial charge on any atom is 0.319 e. The van der Waals surface area contributed by atoms with Crippen LogP contribution in [-0.4, -0.2) is 54.6 Å². The van der Waals surface area contributed by atoms with Gasteiger partial charge in [-0.25, -0.2) is 4.79 Å². The maximum atomic E-state index is 12.6. The Labute approximate surface area is 123 Å². The van der Waals surface area contributed by atoms with Gasteiger partial charge >= 0.3 is 6.03 Å². The van der Waals surface area contributed by atoms with E-state index in [1.54, 1.807) is 0 Å². The highest BCUT2D eigenvalue weighted by atomic mass is 16.2. The molecular formula is C16H31N3O. The molecule has 1 saturated carbocycles. The Bertz CT molecular complexity index is 313. The SMILES string of the molecule is CCNC1CCC(N(C)C(=O)N2CCCC(C)C2)CC1. The van der Waals surface area contributed by atoms with Gasteiger partial charge in [-0.05, 0) is 51.0 Å². The molecule has 116 valence electrons. The predicted molar refractivity (Wildman–Crippen MR) is 82.9 cm³/mol. The number of rotatable bonds is 3. The molecule has 0 aromatic heterocycles. The Morgan fingerprint density at radius 1 is 1.25 bits per heavy atom. The molecule has 4 nitrogen and oxygen atoms in total. The first-order chi connectivity index (χ1) is 9.61. The molecule has 1 unspecified atom stereocenters. The Balaban J connectivity index is 1.82. The fourth-order valence-electron chi connectivity index (χ4n) is 3.70. The summed E-state index contributed by atoms with van der Waals surface area (Å²) >= 11 is 0. The van der Waals surface area contributed by atoms with E-state index in [1.807, 2.05) is 11.9 Å². The minimum absolute atomic E-state index is 0.253. The van der Waals surface area contributed by atoms with Crippen LogP contribution in [0.4, 0.5) is 4.79 Å². The lowest BCUT2D eigenvalue weighted by atomic mass is 9.90. The average molecular weight is 281 g/mol. The van der Waals surface area contributed by atoms with E-state index in [-0.39, 0.29) is 6.03 Å². The zero-order chi connectivity index (χ0) is 14.5. The fraction of sp³-hybridized carbons (Fsp3) is 0.938. The minimum atomic E-state index is 0.253. The largest absolute Gasteiger partial charge is 0.325 e. The molecule has 0 radical (unpaired) electrons. The maximum absolute atomic E-state index is 12.6. The summed E-state index contributed by atoms with van der Waals surface area (Å²) in [6, 6.07) is 1.35. The van der Waals surface area contributed by atoms with Gasteiger partial charge < -0.3 is 15.1 Å². The summed E-state index contributed by atoms with van der Waals surface area (Å²) in [5, 5.41) is 3.53. The summed E-state index contributed by atoms with van der Waals surface area (Å²) in [7, 11) is 2.00. The predicted octanol–water partition coefficient (Wildman–Crippen LogP) is 2.69. The van der Waals surface area contributed by atoms with Gasteiger partial charge in [0.1, 0.15) is 0 Å². The Kier molecular flexibility index (Phi) is 5.70. The van der Waals surface area contributed by atoms with Gasteiger partial charge in [-0.1, -0.05) is 13.8 Å². The van der Waals surface area contributed by atoms with Crippen molar-refractivity contribution in [3.8, 4) is 0 Å². The number of carbonyl (C=O) groups is 1. The van der Waals surface area contributed by atoms with Crippen molar-refractivity contribution >= 4 is 6.03 Å². The molecule has 0 aromatic rings. The number of hydrogen-bond acceptors (Lipinski definition) is 2. The second-order valence-electron chi connectivity index (χ2n) is 6.65. The molecule has 0 spiro atoms. The summed E-state index contributed by atoms with van der Waals surface area (Å²) < 4.78 is 0. The number of likely N-dealkylation sites (tertiary alicyclic amines) is 1. The second kappa shape index (κ2) is 7.30. The monoisotopic (exact) mass is 281 g/mol. The van der Waals surface area contributed by atoms with Crippen molar-refractivity contribution in [2.75, 3.05) is 26.7 Å². The van der Waals surface area contributed by atoms with Crippen molar-refractivity contribution in [3.63, 3.8) is 0 Å². The highest BCUT2D eigenvalue weighted by Crippen LogP contribution is 2.24. The third kappa shape index (κ3) is 3.87. The van der Waals surface area contributed by atoms with Gasteiger partial charge in [-0.2, -0.15) is 0 Å². The summed E-state index contributed by atoms with van der Waals surface area (Å²) in [4.78, 5) is 16.7. The quantitative estimate of drug-likeness (QED) is 0.863. The molecule has 2 amide bonds. The molecule has 1 atom stereocenters. The lowest BCUT2D eigenvalue weighted by Gasteiger charge is -2.39. The van der Waals surface area contributed by atoms with E-state index in [2.05, 4.69) is 24.1 Å². The molecular weight excluding hydrogens is 250 g/mol. The van der Waals surface area contributed by atoms with Gasteiger partial charge in [-0.3, -0.25) is 0 Å². The molecule has 1 N–H and O–H groups in total. The molecule has 1 saturated heterocycles. The van der Waals surface area contributed by atoms with Crippen molar-refractivity contribution in [1.82, 2.24) is 15.1 Å². The van der Waals surface area contributed by atoms with Crippen LogP contribution in [0.3, 0.4) is 0 Å². The molecule has 0 aromatic carbocycles. The highest BCUT2D eigenvalue weighted by molar-refractivity contribution is 5.74.